The van der Waals surface area contributed by atoms with Crippen LogP contribution in [0.3, 0.4) is 0 Å². The fourth-order valence-electron chi connectivity index (χ4n) is 4.07. The van der Waals surface area contributed by atoms with Gasteiger partial charge in [-0.25, -0.2) is 0 Å². The van der Waals surface area contributed by atoms with Gasteiger partial charge in [-0.15, -0.1) is 0 Å². The molecular weight excluding hydrogens is 244 g/mol. The SMILES string of the molecule is CC(=O)OC1C(=O)C=C2CC3(O)CCCCC3CC21. The molecule has 104 valence electrons. The lowest BCUT2D eigenvalue weighted by Crippen LogP contribution is -2.47. The number of aliphatic hydroxyl groups is 1. The molecule has 0 saturated heterocycles. The Balaban J connectivity index is 1.83. The lowest BCUT2D eigenvalue weighted by molar-refractivity contribution is -0.155. The first kappa shape index (κ1) is 12.9. The van der Waals surface area contributed by atoms with Crippen LogP contribution in [0.15, 0.2) is 11.6 Å². The van der Waals surface area contributed by atoms with Crippen molar-refractivity contribution in [1.29, 1.82) is 0 Å². The van der Waals surface area contributed by atoms with E-state index in [1.54, 1.807) is 6.08 Å². The molecule has 4 heteroatoms. The maximum Gasteiger partial charge on any atom is 0.303 e. The van der Waals surface area contributed by atoms with Gasteiger partial charge in [0.05, 0.1) is 5.60 Å². The zero-order valence-electron chi connectivity index (χ0n) is 11.2. The van der Waals surface area contributed by atoms with E-state index in [2.05, 4.69) is 0 Å². The van der Waals surface area contributed by atoms with E-state index in [4.69, 9.17) is 4.74 Å². The maximum atomic E-state index is 12.0. The third-order valence-electron chi connectivity index (χ3n) is 4.96. The van der Waals surface area contributed by atoms with Gasteiger partial charge in [-0.05, 0) is 37.7 Å². The molecule has 1 N–H and O–H groups in total. The van der Waals surface area contributed by atoms with Gasteiger partial charge in [-0.1, -0.05) is 18.4 Å². The lowest BCUT2D eigenvalue weighted by Gasteiger charge is -2.46. The molecule has 3 aliphatic rings. The van der Waals surface area contributed by atoms with Gasteiger partial charge >= 0.3 is 5.97 Å². The van der Waals surface area contributed by atoms with Crippen LogP contribution in [0.25, 0.3) is 0 Å². The summed E-state index contributed by atoms with van der Waals surface area (Å²) in [6.07, 6.45) is 6.35. The average Bonchev–Trinajstić information content (AvgIpc) is 2.61. The van der Waals surface area contributed by atoms with Crippen LogP contribution < -0.4 is 0 Å². The molecular formula is C15H20O4. The zero-order valence-corrected chi connectivity index (χ0v) is 11.2. The predicted molar refractivity (Wildman–Crippen MR) is 68.3 cm³/mol. The smallest absolute Gasteiger partial charge is 0.303 e. The molecule has 0 aromatic heterocycles. The topological polar surface area (TPSA) is 63.6 Å². The van der Waals surface area contributed by atoms with Gasteiger partial charge in [0, 0.05) is 12.8 Å². The van der Waals surface area contributed by atoms with Crippen LogP contribution in [-0.4, -0.2) is 28.6 Å². The highest BCUT2D eigenvalue weighted by atomic mass is 16.5. The summed E-state index contributed by atoms with van der Waals surface area (Å²) >= 11 is 0. The largest absolute Gasteiger partial charge is 0.454 e. The van der Waals surface area contributed by atoms with Crippen molar-refractivity contribution in [2.75, 3.05) is 0 Å². The summed E-state index contributed by atoms with van der Waals surface area (Å²) < 4.78 is 5.18. The number of ether oxygens (including phenoxy) is 1. The van der Waals surface area contributed by atoms with Crippen molar-refractivity contribution in [2.45, 2.75) is 57.2 Å². The van der Waals surface area contributed by atoms with Crippen LogP contribution in [0.4, 0.5) is 0 Å². The quantitative estimate of drug-likeness (QED) is 0.733. The van der Waals surface area contributed by atoms with Crippen LogP contribution >= 0.6 is 0 Å². The standard InChI is InChI=1S/C15H20O4/c1-9(16)19-14-12-7-11-4-2-3-5-15(11,18)8-10(12)6-13(14)17/h6,11-12,14,18H,2-5,7-8H2,1H3. The van der Waals surface area contributed by atoms with E-state index in [9.17, 15) is 14.7 Å². The number of rotatable bonds is 1. The highest BCUT2D eigenvalue weighted by Gasteiger charge is 2.51. The molecule has 4 nitrogen and oxygen atoms in total. The second-order valence-electron chi connectivity index (χ2n) is 6.22. The molecule has 3 rings (SSSR count). The average molecular weight is 264 g/mol. The van der Waals surface area contributed by atoms with Gasteiger partial charge in [0.1, 0.15) is 0 Å². The van der Waals surface area contributed by atoms with Crippen LogP contribution in [0.5, 0.6) is 0 Å². The number of carbonyl (C=O) groups excluding carboxylic acids is 2. The summed E-state index contributed by atoms with van der Waals surface area (Å²) in [5, 5.41) is 10.7. The molecule has 0 aromatic rings. The van der Waals surface area contributed by atoms with Crippen molar-refractivity contribution >= 4 is 11.8 Å². The Kier molecular flexibility index (Phi) is 3.01. The van der Waals surface area contributed by atoms with Crippen molar-refractivity contribution in [3.8, 4) is 0 Å². The summed E-state index contributed by atoms with van der Waals surface area (Å²) in [4.78, 5) is 23.1. The molecule has 0 aliphatic heterocycles. The fourth-order valence-corrected chi connectivity index (χ4v) is 4.07. The zero-order chi connectivity index (χ0) is 13.6. The minimum absolute atomic E-state index is 0.000208. The van der Waals surface area contributed by atoms with Gasteiger partial charge in [-0.2, -0.15) is 0 Å². The Bertz CT molecular complexity index is 453. The Morgan fingerprint density at radius 2 is 2.26 bits per heavy atom. The molecule has 4 atom stereocenters. The molecule has 0 spiro atoms. The summed E-state index contributed by atoms with van der Waals surface area (Å²) in [6, 6.07) is 0. The van der Waals surface area contributed by atoms with E-state index in [0.717, 1.165) is 37.7 Å². The molecule has 0 aromatic carbocycles. The minimum Gasteiger partial charge on any atom is -0.454 e. The van der Waals surface area contributed by atoms with E-state index in [1.165, 1.54) is 6.92 Å². The molecule has 0 amide bonds. The van der Waals surface area contributed by atoms with Gasteiger partial charge < -0.3 is 9.84 Å². The van der Waals surface area contributed by atoms with Crippen LogP contribution in [0.2, 0.25) is 0 Å². The number of carbonyl (C=O) groups is 2. The molecule has 0 heterocycles. The Labute approximate surface area is 112 Å². The number of esters is 1. The highest BCUT2D eigenvalue weighted by Crippen LogP contribution is 2.50. The molecule has 2 saturated carbocycles. The third kappa shape index (κ3) is 2.12. The van der Waals surface area contributed by atoms with Gasteiger partial charge in [-0.3, -0.25) is 9.59 Å². The second-order valence-corrected chi connectivity index (χ2v) is 6.22. The summed E-state index contributed by atoms with van der Waals surface area (Å²) in [6.45, 7) is 1.34. The minimum atomic E-state index is -0.640. The molecule has 4 unspecified atom stereocenters. The van der Waals surface area contributed by atoms with Gasteiger partial charge in [0.2, 0.25) is 0 Å². The first-order valence-electron chi connectivity index (χ1n) is 7.13. The van der Waals surface area contributed by atoms with Crippen LogP contribution in [0.1, 0.15) is 45.4 Å². The van der Waals surface area contributed by atoms with E-state index < -0.39 is 17.7 Å². The Morgan fingerprint density at radius 3 is 3.00 bits per heavy atom. The first-order valence-corrected chi connectivity index (χ1v) is 7.13. The number of hydrogen-bond donors (Lipinski definition) is 1. The van der Waals surface area contributed by atoms with Crippen molar-refractivity contribution in [3.05, 3.63) is 11.6 Å². The normalized spacial score (nSPS) is 41.3. The molecule has 19 heavy (non-hydrogen) atoms. The molecule has 3 aliphatic carbocycles. The number of hydrogen-bond acceptors (Lipinski definition) is 4. The Morgan fingerprint density at radius 1 is 1.47 bits per heavy atom. The van der Waals surface area contributed by atoms with Crippen LogP contribution in [0, 0.1) is 11.8 Å². The summed E-state index contributed by atoms with van der Waals surface area (Å²) in [5.41, 5.74) is 0.350. The molecule has 0 bridgehead atoms. The van der Waals surface area contributed by atoms with Crippen molar-refractivity contribution in [3.63, 3.8) is 0 Å². The second kappa shape index (κ2) is 4.44. The van der Waals surface area contributed by atoms with E-state index in [1.807, 2.05) is 0 Å². The summed E-state index contributed by atoms with van der Waals surface area (Å²) in [5.74, 6) is -0.276. The lowest BCUT2D eigenvalue weighted by atomic mass is 9.63. The molecule has 0 radical (unpaired) electrons. The monoisotopic (exact) mass is 264 g/mol. The van der Waals surface area contributed by atoms with E-state index >= 15 is 0 Å². The maximum absolute atomic E-state index is 12.0. The number of ketones is 1. The summed E-state index contributed by atoms with van der Waals surface area (Å²) in [7, 11) is 0. The van der Waals surface area contributed by atoms with E-state index in [0.29, 0.717) is 6.42 Å². The van der Waals surface area contributed by atoms with Gasteiger partial charge in [0.15, 0.2) is 11.9 Å². The number of fused-ring (bicyclic) bond motifs is 2. The highest BCUT2D eigenvalue weighted by molar-refractivity contribution is 5.98. The van der Waals surface area contributed by atoms with Crippen molar-refractivity contribution < 1.29 is 19.4 Å². The predicted octanol–water partition coefficient (Wildman–Crippen LogP) is 1.76. The molecule has 2 fully saturated rings. The van der Waals surface area contributed by atoms with Gasteiger partial charge in [0.25, 0.3) is 0 Å². The first-order chi connectivity index (χ1) is 8.99. The van der Waals surface area contributed by atoms with Crippen molar-refractivity contribution in [2.24, 2.45) is 11.8 Å². The fraction of sp³-hybridized carbons (Fsp3) is 0.733. The van der Waals surface area contributed by atoms with Crippen LogP contribution in [-0.2, 0) is 14.3 Å². The van der Waals surface area contributed by atoms with E-state index in [-0.39, 0.29) is 17.6 Å². The third-order valence-corrected chi connectivity index (χ3v) is 4.96. The Hall–Kier alpha value is -1.16. The van der Waals surface area contributed by atoms with Crippen molar-refractivity contribution in [1.82, 2.24) is 0 Å².